The van der Waals surface area contributed by atoms with Crippen molar-refractivity contribution in [2.75, 3.05) is 0 Å². The molecule has 0 atom stereocenters. The van der Waals surface area contributed by atoms with Gasteiger partial charge in [0.05, 0.1) is 0 Å². The molecule has 0 fully saturated rings. The summed E-state index contributed by atoms with van der Waals surface area (Å²) in [5, 5.41) is 26.8. The van der Waals surface area contributed by atoms with Gasteiger partial charge in [0.15, 0.2) is 0 Å². The number of fused-ring (bicyclic) bond motifs is 12. The average Bonchev–Trinajstić information content (AvgIpc) is 1.94. The Kier molecular flexibility index (Phi) is 9.74. The number of rotatable bonds is 6. The lowest BCUT2D eigenvalue weighted by atomic mass is 9.81. The zero-order chi connectivity index (χ0) is 55.4. The molecule has 0 aliphatic heterocycles. The highest BCUT2D eigenvalue weighted by atomic mass is 14.3. The lowest BCUT2D eigenvalue weighted by Crippen LogP contribution is -2.12. The van der Waals surface area contributed by atoms with Crippen molar-refractivity contribution in [1.82, 2.24) is 0 Å². The van der Waals surface area contributed by atoms with Crippen molar-refractivity contribution < 1.29 is 0 Å². The highest BCUT2D eigenvalue weighted by molar-refractivity contribution is 6.47. The predicted molar refractivity (Wildman–Crippen MR) is 358 cm³/mol. The van der Waals surface area contributed by atoms with Crippen LogP contribution >= 0.6 is 0 Å². The van der Waals surface area contributed by atoms with Gasteiger partial charge in [-0.2, -0.15) is 0 Å². The molecule has 390 valence electrons. The first-order chi connectivity index (χ1) is 39.9. The molecule has 0 saturated carbocycles. The quantitative estimate of drug-likeness (QED) is 0.115. The molecule has 0 amide bonds. The Balaban J connectivity index is 0.983. The van der Waals surface area contributed by atoms with Crippen molar-refractivity contribution in [1.29, 1.82) is 0 Å². The van der Waals surface area contributed by atoms with Crippen molar-refractivity contribution in [2.24, 2.45) is 0 Å². The van der Waals surface area contributed by atoms with E-state index in [-0.39, 0.29) is 5.41 Å². The molecule has 0 spiro atoms. The van der Waals surface area contributed by atoms with E-state index in [0.717, 1.165) is 0 Å². The van der Waals surface area contributed by atoms with E-state index in [0.29, 0.717) is 11.8 Å². The summed E-state index contributed by atoms with van der Waals surface area (Å²) in [7, 11) is 0. The molecule has 1 aliphatic carbocycles. The molecule has 0 aromatic heterocycles. The van der Waals surface area contributed by atoms with Gasteiger partial charge in [-0.05, 0) is 252 Å². The van der Waals surface area contributed by atoms with Gasteiger partial charge in [-0.1, -0.05) is 230 Å². The zero-order valence-corrected chi connectivity index (χ0v) is 48.2. The number of hydrogen-bond acceptors (Lipinski definition) is 0. The molecule has 0 heterocycles. The second-order valence-corrected chi connectivity index (χ2v) is 25.8. The first-order valence-electron chi connectivity index (χ1n) is 29.8. The number of benzene rings is 14. The largest absolute Gasteiger partial charge is 0.0620 e. The van der Waals surface area contributed by atoms with Crippen LogP contribution in [0.5, 0.6) is 0 Å². The molecule has 0 N–H and O–H groups in total. The summed E-state index contributed by atoms with van der Waals surface area (Å²) in [4.78, 5) is 0. The molecule has 0 radical (unpaired) electrons. The SMILES string of the molecule is Cc1ccccc1-c1c2cc3c(cc2c(-c2ccccc2C)c2c4ccc5c6ccc7c8c(ccc(c9ccc(c12)c4c95)c86)-c1ccc(-c2ccccc2C(C)(C)C)cc1-7)c1ccc(-c2c(C(C)C)cccc2C(C)C)c2cccc3c21. The summed E-state index contributed by atoms with van der Waals surface area (Å²) in [6.45, 7) is 21.0. The Labute approximate surface area is 479 Å². The molecule has 0 saturated heterocycles. The van der Waals surface area contributed by atoms with E-state index in [4.69, 9.17) is 0 Å². The van der Waals surface area contributed by atoms with Gasteiger partial charge < -0.3 is 0 Å². The van der Waals surface area contributed by atoms with E-state index < -0.39 is 0 Å². The highest BCUT2D eigenvalue weighted by Crippen LogP contribution is 2.58. The van der Waals surface area contributed by atoms with Gasteiger partial charge in [0.2, 0.25) is 0 Å². The molecule has 17 rings (SSSR count). The van der Waals surface area contributed by atoms with Gasteiger partial charge in [0.1, 0.15) is 0 Å². The molecular formula is C82H62. The second kappa shape index (κ2) is 16.7. The summed E-state index contributed by atoms with van der Waals surface area (Å²) >= 11 is 0. The van der Waals surface area contributed by atoms with Crippen LogP contribution in [0, 0.1) is 13.8 Å². The molecule has 0 heteroatoms. The maximum absolute atomic E-state index is 2.60. The number of hydrogen-bond donors (Lipinski definition) is 0. The minimum Gasteiger partial charge on any atom is -0.0620 e. The van der Waals surface area contributed by atoms with Crippen molar-refractivity contribution in [3.8, 4) is 66.8 Å². The zero-order valence-electron chi connectivity index (χ0n) is 48.2. The first kappa shape index (κ1) is 47.7. The van der Waals surface area contributed by atoms with Crippen LogP contribution < -0.4 is 0 Å². The Bertz CT molecular complexity index is 5240. The van der Waals surface area contributed by atoms with Gasteiger partial charge in [-0.15, -0.1) is 0 Å². The standard InChI is InChI=1S/C82H62/c1-43(2)48-23-16-24-49(44(3)4)72(48)57-31-34-62-68-42-70-69(41-67(68)55-26-17-25-54(57)73(55)62)74(50-20-12-10-18-45(50)5)80-64-38-36-60-58-32-30-56-53-29-28-47(52-22-14-15-27-71(52)82(7,8)9)40-66(53)63-35-33-59(77(58)76(56)63)61-37-39-65(79(64)78(60)61)81(80)75(70)51-21-13-11-19-46(51)6/h10-44H,1-9H3. The maximum Gasteiger partial charge on any atom is -0.000730 e. The third kappa shape index (κ3) is 6.23. The smallest absolute Gasteiger partial charge is 0.000730 e. The lowest BCUT2D eigenvalue weighted by Gasteiger charge is -2.23. The topological polar surface area (TPSA) is 0 Å². The van der Waals surface area contributed by atoms with Crippen LogP contribution in [0.25, 0.3) is 174 Å². The second-order valence-electron chi connectivity index (χ2n) is 25.8. The Hall–Kier alpha value is -9.10. The average molecular weight is 1050 g/mol. The van der Waals surface area contributed by atoms with Crippen LogP contribution in [0.3, 0.4) is 0 Å². The fourth-order valence-electron chi connectivity index (χ4n) is 16.0. The third-order valence-corrected chi connectivity index (χ3v) is 19.6. The monoisotopic (exact) mass is 1050 g/mol. The van der Waals surface area contributed by atoms with Crippen molar-refractivity contribution >= 4 is 108 Å². The van der Waals surface area contributed by atoms with E-state index >= 15 is 0 Å². The van der Waals surface area contributed by atoms with Crippen molar-refractivity contribution in [3.63, 3.8) is 0 Å². The van der Waals surface area contributed by atoms with Gasteiger partial charge >= 0.3 is 0 Å². The predicted octanol–water partition coefficient (Wildman–Crippen LogP) is 24.0. The summed E-state index contributed by atoms with van der Waals surface area (Å²) < 4.78 is 0. The van der Waals surface area contributed by atoms with Crippen LogP contribution in [0.1, 0.15) is 88.1 Å². The van der Waals surface area contributed by atoms with E-state index in [2.05, 4.69) is 263 Å². The van der Waals surface area contributed by atoms with Gasteiger partial charge in [-0.3, -0.25) is 0 Å². The Morgan fingerprint density at radius 2 is 0.683 bits per heavy atom. The van der Waals surface area contributed by atoms with Crippen LogP contribution in [0.2, 0.25) is 0 Å². The molecule has 1 aliphatic rings. The third-order valence-electron chi connectivity index (χ3n) is 19.6. The summed E-state index contributed by atoms with van der Waals surface area (Å²) in [6.07, 6.45) is 0. The number of aryl methyl sites for hydroxylation is 2. The molecule has 82 heavy (non-hydrogen) atoms. The summed E-state index contributed by atoms with van der Waals surface area (Å²) in [5.41, 5.74) is 22.7. The lowest BCUT2D eigenvalue weighted by molar-refractivity contribution is 0.592. The summed E-state index contributed by atoms with van der Waals surface area (Å²) in [6, 6.07) is 78.3. The minimum absolute atomic E-state index is 0.0291. The van der Waals surface area contributed by atoms with Crippen LogP contribution in [0.15, 0.2) is 200 Å². The van der Waals surface area contributed by atoms with Crippen LogP contribution in [-0.4, -0.2) is 0 Å². The molecule has 0 nitrogen and oxygen atoms in total. The fourth-order valence-corrected chi connectivity index (χ4v) is 16.0. The van der Waals surface area contributed by atoms with Crippen molar-refractivity contribution in [3.05, 3.63) is 228 Å². The molecule has 16 aromatic rings. The van der Waals surface area contributed by atoms with Crippen LogP contribution in [0.4, 0.5) is 0 Å². The fraction of sp³-hybridized carbons (Fsp3) is 0.146. The normalized spacial score (nSPS) is 12.9. The van der Waals surface area contributed by atoms with Gasteiger partial charge in [0, 0.05) is 0 Å². The van der Waals surface area contributed by atoms with E-state index in [1.807, 2.05) is 0 Å². The highest BCUT2D eigenvalue weighted by Gasteiger charge is 2.31. The van der Waals surface area contributed by atoms with E-state index in [9.17, 15) is 0 Å². The van der Waals surface area contributed by atoms with E-state index in [1.54, 1.807) is 0 Å². The van der Waals surface area contributed by atoms with Crippen LogP contribution in [-0.2, 0) is 5.41 Å². The maximum atomic E-state index is 2.60. The molecule has 0 bridgehead atoms. The van der Waals surface area contributed by atoms with E-state index in [1.165, 1.54) is 202 Å². The summed E-state index contributed by atoms with van der Waals surface area (Å²) in [5.74, 6) is 0.796. The minimum atomic E-state index is 0.0291. The molecule has 16 aromatic carbocycles. The Morgan fingerprint density at radius 3 is 1.24 bits per heavy atom. The molecular weight excluding hydrogens is 985 g/mol. The Morgan fingerprint density at radius 1 is 0.256 bits per heavy atom. The molecule has 0 unspecified atom stereocenters. The van der Waals surface area contributed by atoms with Gasteiger partial charge in [-0.25, -0.2) is 0 Å². The first-order valence-corrected chi connectivity index (χ1v) is 29.8. The van der Waals surface area contributed by atoms with Gasteiger partial charge in [0.25, 0.3) is 0 Å². The van der Waals surface area contributed by atoms with Crippen molar-refractivity contribution in [2.45, 2.75) is 79.6 Å².